The van der Waals surface area contributed by atoms with Gasteiger partial charge in [0.15, 0.2) is 0 Å². The fourth-order valence-corrected chi connectivity index (χ4v) is 2.82. The molecule has 0 aliphatic carbocycles. The number of nitrogens with one attached hydrogen (secondary N) is 1. The highest BCUT2D eigenvalue weighted by Crippen LogP contribution is 2.17. The SMILES string of the molecule is Cc1occc1C(=O)N(CCC(=O)N[C@@H](C)C(C)C)C[C@@H]1CCCO1. The number of aryl methyl sites for hydroxylation is 1. The summed E-state index contributed by atoms with van der Waals surface area (Å²) in [7, 11) is 0. The quantitative estimate of drug-likeness (QED) is 0.782. The molecule has 0 unspecified atom stereocenters. The van der Waals surface area contributed by atoms with Gasteiger partial charge in [0.1, 0.15) is 5.76 Å². The van der Waals surface area contributed by atoms with Gasteiger partial charge in [-0.1, -0.05) is 13.8 Å². The number of hydrogen-bond donors (Lipinski definition) is 1. The van der Waals surface area contributed by atoms with E-state index in [1.165, 1.54) is 6.26 Å². The number of hydrogen-bond acceptors (Lipinski definition) is 4. The molecule has 1 aliphatic rings. The maximum atomic E-state index is 12.8. The van der Waals surface area contributed by atoms with Crippen molar-refractivity contribution in [2.75, 3.05) is 19.7 Å². The van der Waals surface area contributed by atoms with Crippen LogP contribution >= 0.6 is 0 Å². The third-order valence-electron chi connectivity index (χ3n) is 4.82. The maximum absolute atomic E-state index is 12.8. The summed E-state index contributed by atoms with van der Waals surface area (Å²) in [5.41, 5.74) is 0.550. The third kappa shape index (κ3) is 5.59. The minimum absolute atomic E-state index is 0.0322. The van der Waals surface area contributed by atoms with Gasteiger partial charge in [-0.05, 0) is 38.7 Å². The molecule has 2 rings (SSSR count). The van der Waals surface area contributed by atoms with Gasteiger partial charge in [-0.15, -0.1) is 0 Å². The molecule has 6 nitrogen and oxygen atoms in total. The Morgan fingerprint density at radius 2 is 2.12 bits per heavy atom. The first kappa shape index (κ1) is 19.5. The molecule has 1 aliphatic heterocycles. The van der Waals surface area contributed by atoms with E-state index in [2.05, 4.69) is 19.2 Å². The van der Waals surface area contributed by atoms with E-state index in [9.17, 15) is 9.59 Å². The average Bonchev–Trinajstić information content (AvgIpc) is 3.22. The van der Waals surface area contributed by atoms with E-state index >= 15 is 0 Å². The summed E-state index contributed by atoms with van der Waals surface area (Å²) in [4.78, 5) is 26.7. The normalized spacial score (nSPS) is 18.4. The molecule has 0 spiro atoms. The van der Waals surface area contributed by atoms with Gasteiger partial charge < -0.3 is 19.4 Å². The Bertz CT molecular complexity index is 576. The average molecular weight is 350 g/mol. The number of furan rings is 1. The highest BCUT2D eigenvalue weighted by atomic mass is 16.5. The summed E-state index contributed by atoms with van der Waals surface area (Å²) in [6, 6.07) is 1.80. The zero-order valence-electron chi connectivity index (χ0n) is 15.7. The molecule has 0 radical (unpaired) electrons. The summed E-state index contributed by atoms with van der Waals surface area (Å²) >= 11 is 0. The van der Waals surface area contributed by atoms with Crippen molar-refractivity contribution in [2.24, 2.45) is 5.92 Å². The number of carbonyl (C=O) groups excluding carboxylic acids is 2. The lowest BCUT2D eigenvalue weighted by Crippen LogP contribution is -2.42. The van der Waals surface area contributed by atoms with Crippen molar-refractivity contribution in [3.63, 3.8) is 0 Å². The zero-order valence-corrected chi connectivity index (χ0v) is 15.7. The molecular formula is C19H30N2O4. The van der Waals surface area contributed by atoms with Crippen molar-refractivity contribution in [1.82, 2.24) is 10.2 Å². The van der Waals surface area contributed by atoms with Crippen molar-refractivity contribution < 1.29 is 18.7 Å². The minimum Gasteiger partial charge on any atom is -0.469 e. The first-order valence-corrected chi connectivity index (χ1v) is 9.12. The van der Waals surface area contributed by atoms with Crippen molar-refractivity contribution in [2.45, 2.75) is 59.1 Å². The van der Waals surface area contributed by atoms with Crippen LogP contribution in [0.2, 0.25) is 0 Å². The van der Waals surface area contributed by atoms with Crippen LogP contribution in [0.1, 0.15) is 56.2 Å². The molecule has 1 aromatic heterocycles. The zero-order chi connectivity index (χ0) is 18.4. The lowest BCUT2D eigenvalue weighted by Gasteiger charge is -2.26. The number of carbonyl (C=O) groups is 2. The van der Waals surface area contributed by atoms with Gasteiger partial charge in [-0.3, -0.25) is 9.59 Å². The van der Waals surface area contributed by atoms with E-state index < -0.39 is 0 Å². The molecule has 2 atom stereocenters. The smallest absolute Gasteiger partial charge is 0.257 e. The summed E-state index contributed by atoms with van der Waals surface area (Å²) in [5.74, 6) is 0.837. The second-order valence-electron chi connectivity index (χ2n) is 7.13. The molecular weight excluding hydrogens is 320 g/mol. The number of rotatable bonds is 8. The second kappa shape index (κ2) is 9.04. The van der Waals surface area contributed by atoms with Crippen LogP contribution in [0, 0.1) is 12.8 Å². The van der Waals surface area contributed by atoms with Gasteiger partial charge in [0.2, 0.25) is 5.91 Å². The van der Waals surface area contributed by atoms with Crippen molar-refractivity contribution >= 4 is 11.8 Å². The van der Waals surface area contributed by atoms with Crippen LogP contribution in [0.3, 0.4) is 0 Å². The van der Waals surface area contributed by atoms with E-state index in [0.29, 0.717) is 30.3 Å². The highest BCUT2D eigenvalue weighted by molar-refractivity contribution is 5.95. The van der Waals surface area contributed by atoms with Gasteiger partial charge in [0.25, 0.3) is 5.91 Å². The summed E-state index contributed by atoms with van der Waals surface area (Å²) < 4.78 is 10.9. The highest BCUT2D eigenvalue weighted by Gasteiger charge is 2.25. The molecule has 1 fully saturated rings. The Hall–Kier alpha value is -1.82. The van der Waals surface area contributed by atoms with Crippen LogP contribution in [0.5, 0.6) is 0 Å². The Morgan fingerprint density at radius 1 is 1.36 bits per heavy atom. The second-order valence-corrected chi connectivity index (χ2v) is 7.13. The summed E-state index contributed by atoms with van der Waals surface area (Å²) in [5, 5.41) is 2.99. The molecule has 1 saturated heterocycles. The van der Waals surface area contributed by atoms with Gasteiger partial charge in [-0.2, -0.15) is 0 Å². The predicted octanol–water partition coefficient (Wildman–Crippen LogP) is 2.76. The van der Waals surface area contributed by atoms with Crippen molar-refractivity contribution in [3.05, 3.63) is 23.7 Å². The van der Waals surface area contributed by atoms with E-state index in [4.69, 9.17) is 9.15 Å². The fraction of sp³-hybridized carbons (Fsp3) is 0.684. The van der Waals surface area contributed by atoms with Crippen LogP contribution < -0.4 is 5.32 Å². The standard InChI is InChI=1S/C19H30N2O4/c1-13(2)14(3)20-18(22)7-9-21(12-16-6-5-10-25-16)19(23)17-8-11-24-15(17)4/h8,11,13-14,16H,5-7,9-10,12H2,1-4H3,(H,20,22)/t14-,16-/m0/s1. The summed E-state index contributed by atoms with van der Waals surface area (Å²) in [6.07, 6.45) is 3.82. The molecule has 6 heteroatoms. The molecule has 1 aromatic rings. The predicted molar refractivity (Wildman–Crippen MR) is 95.4 cm³/mol. The molecule has 25 heavy (non-hydrogen) atoms. The molecule has 0 bridgehead atoms. The summed E-state index contributed by atoms with van der Waals surface area (Å²) in [6.45, 7) is 9.53. The lowest BCUT2D eigenvalue weighted by atomic mass is 10.1. The third-order valence-corrected chi connectivity index (χ3v) is 4.82. The van der Waals surface area contributed by atoms with Gasteiger partial charge in [0, 0.05) is 32.2 Å². The number of amides is 2. The molecule has 2 amide bonds. The van der Waals surface area contributed by atoms with Crippen LogP contribution in [0.15, 0.2) is 16.7 Å². The van der Waals surface area contributed by atoms with E-state index in [0.717, 1.165) is 19.4 Å². The molecule has 0 aromatic carbocycles. The van der Waals surface area contributed by atoms with Gasteiger partial charge in [0.05, 0.1) is 17.9 Å². The Kier molecular flexibility index (Phi) is 7.05. The van der Waals surface area contributed by atoms with E-state index in [-0.39, 0.29) is 30.4 Å². The Labute approximate surface area is 149 Å². The van der Waals surface area contributed by atoms with Gasteiger partial charge >= 0.3 is 0 Å². The molecule has 0 saturated carbocycles. The van der Waals surface area contributed by atoms with Gasteiger partial charge in [-0.25, -0.2) is 0 Å². The molecule has 140 valence electrons. The Balaban J connectivity index is 1.97. The molecule has 1 N–H and O–H groups in total. The number of nitrogens with zero attached hydrogens (tertiary/aromatic N) is 1. The molecule has 2 heterocycles. The van der Waals surface area contributed by atoms with Crippen molar-refractivity contribution in [3.8, 4) is 0 Å². The monoisotopic (exact) mass is 350 g/mol. The minimum atomic E-state index is -0.105. The van der Waals surface area contributed by atoms with Crippen molar-refractivity contribution in [1.29, 1.82) is 0 Å². The lowest BCUT2D eigenvalue weighted by molar-refractivity contribution is -0.122. The first-order chi connectivity index (χ1) is 11.9. The maximum Gasteiger partial charge on any atom is 0.257 e. The topological polar surface area (TPSA) is 71.8 Å². The van der Waals surface area contributed by atoms with Crippen LogP contribution in [-0.2, 0) is 9.53 Å². The first-order valence-electron chi connectivity index (χ1n) is 9.12. The fourth-order valence-electron chi connectivity index (χ4n) is 2.82. The largest absolute Gasteiger partial charge is 0.469 e. The van der Waals surface area contributed by atoms with Crippen LogP contribution in [0.4, 0.5) is 0 Å². The van der Waals surface area contributed by atoms with E-state index in [1.807, 2.05) is 6.92 Å². The van der Waals surface area contributed by atoms with Crippen LogP contribution in [-0.4, -0.2) is 48.6 Å². The number of ether oxygens (including phenoxy) is 1. The van der Waals surface area contributed by atoms with Crippen LogP contribution in [0.25, 0.3) is 0 Å². The Morgan fingerprint density at radius 3 is 2.68 bits per heavy atom. The van der Waals surface area contributed by atoms with E-state index in [1.54, 1.807) is 17.9 Å².